The van der Waals surface area contributed by atoms with Crippen LogP contribution in [-0.2, 0) is 11.3 Å². The number of aliphatic carboxylic acids is 1. The zero-order valence-corrected chi connectivity index (χ0v) is 10.7. The third-order valence-corrected chi connectivity index (χ3v) is 4.11. The van der Waals surface area contributed by atoms with Gasteiger partial charge < -0.3 is 5.11 Å². The van der Waals surface area contributed by atoms with Crippen LogP contribution in [0.15, 0.2) is 42.5 Å². The lowest BCUT2D eigenvalue weighted by atomic mass is 9.76. The molecule has 2 aromatic carbocycles. The topological polar surface area (TPSA) is 49.3 Å². The van der Waals surface area contributed by atoms with Crippen LogP contribution in [0.5, 0.6) is 0 Å². The molecule has 0 spiro atoms. The molecule has 0 bridgehead atoms. The number of rotatable bonds is 4. The normalized spacial score (nSPS) is 17.1. The number of hydrogen-bond donors (Lipinski definition) is 2. The number of hydrogen-bond acceptors (Lipinski definition) is 2. The molecular weight excluding hydrogens is 238 g/mol. The van der Waals surface area contributed by atoms with Crippen molar-refractivity contribution in [3.8, 4) is 0 Å². The van der Waals surface area contributed by atoms with Crippen LogP contribution in [0.3, 0.4) is 0 Å². The molecule has 0 unspecified atom stereocenters. The van der Waals surface area contributed by atoms with Gasteiger partial charge in [0.05, 0.1) is 0 Å². The number of carbonyl (C=O) groups is 1. The Morgan fingerprint density at radius 3 is 2.58 bits per heavy atom. The predicted octanol–water partition coefficient (Wildman–Crippen LogP) is 2.94. The smallest absolute Gasteiger partial charge is 0.323 e. The van der Waals surface area contributed by atoms with Crippen molar-refractivity contribution in [3.05, 3.63) is 48.0 Å². The Labute approximate surface area is 112 Å². The lowest BCUT2D eigenvalue weighted by Crippen LogP contribution is -2.56. The molecule has 3 heteroatoms. The highest BCUT2D eigenvalue weighted by atomic mass is 16.4. The Morgan fingerprint density at radius 1 is 1.16 bits per heavy atom. The van der Waals surface area contributed by atoms with E-state index in [0.717, 1.165) is 24.8 Å². The largest absolute Gasteiger partial charge is 0.480 e. The Morgan fingerprint density at radius 2 is 1.89 bits per heavy atom. The van der Waals surface area contributed by atoms with Crippen molar-refractivity contribution >= 4 is 16.7 Å². The average Bonchev–Trinajstić information content (AvgIpc) is 2.37. The van der Waals surface area contributed by atoms with Crippen molar-refractivity contribution in [1.82, 2.24) is 5.32 Å². The second-order valence-corrected chi connectivity index (χ2v) is 5.23. The third-order valence-electron chi connectivity index (χ3n) is 4.11. The maximum atomic E-state index is 11.3. The first-order chi connectivity index (χ1) is 9.21. The summed E-state index contributed by atoms with van der Waals surface area (Å²) in [5.74, 6) is -0.723. The molecule has 0 heterocycles. The van der Waals surface area contributed by atoms with Crippen molar-refractivity contribution in [1.29, 1.82) is 0 Å². The Bertz CT molecular complexity index is 612. The number of benzene rings is 2. The minimum absolute atomic E-state index is 0.605. The van der Waals surface area contributed by atoms with Crippen LogP contribution in [-0.4, -0.2) is 16.6 Å². The van der Waals surface area contributed by atoms with Gasteiger partial charge in [-0.15, -0.1) is 0 Å². The van der Waals surface area contributed by atoms with Crippen LogP contribution in [0.1, 0.15) is 24.8 Å². The third kappa shape index (κ3) is 2.10. The Balaban J connectivity index is 1.84. The molecule has 1 saturated carbocycles. The highest BCUT2D eigenvalue weighted by Crippen LogP contribution is 2.32. The fraction of sp³-hybridized carbons (Fsp3) is 0.312. The molecule has 0 atom stereocenters. The molecule has 2 aromatic rings. The van der Waals surface area contributed by atoms with Crippen molar-refractivity contribution in [2.75, 3.05) is 0 Å². The lowest BCUT2D eigenvalue weighted by molar-refractivity contribution is -0.148. The zero-order chi connectivity index (χ0) is 13.3. The zero-order valence-electron chi connectivity index (χ0n) is 10.7. The van der Waals surface area contributed by atoms with Gasteiger partial charge in [-0.1, -0.05) is 42.5 Å². The standard InChI is InChI=1S/C16H17NO2/c18-15(19)16(9-4-10-16)17-11-13-7-3-6-12-5-1-2-8-14(12)13/h1-3,5-8,17H,4,9-11H2,(H,18,19). The Kier molecular flexibility index (Phi) is 2.99. The fourth-order valence-corrected chi connectivity index (χ4v) is 2.71. The van der Waals surface area contributed by atoms with E-state index >= 15 is 0 Å². The number of nitrogens with one attached hydrogen (secondary N) is 1. The van der Waals surface area contributed by atoms with Gasteiger partial charge in [0, 0.05) is 6.54 Å². The van der Waals surface area contributed by atoms with Crippen molar-refractivity contribution in [3.63, 3.8) is 0 Å². The molecule has 1 aliphatic rings. The molecule has 2 N–H and O–H groups in total. The van der Waals surface area contributed by atoms with Gasteiger partial charge in [-0.3, -0.25) is 10.1 Å². The van der Waals surface area contributed by atoms with Crippen molar-refractivity contribution in [2.24, 2.45) is 0 Å². The van der Waals surface area contributed by atoms with Crippen LogP contribution >= 0.6 is 0 Å². The first kappa shape index (κ1) is 12.2. The van der Waals surface area contributed by atoms with Crippen LogP contribution in [0.4, 0.5) is 0 Å². The molecule has 0 aliphatic heterocycles. The van der Waals surface area contributed by atoms with Gasteiger partial charge >= 0.3 is 5.97 Å². The summed E-state index contributed by atoms with van der Waals surface area (Å²) in [5, 5.41) is 14.9. The van der Waals surface area contributed by atoms with Gasteiger partial charge in [0.2, 0.25) is 0 Å². The quantitative estimate of drug-likeness (QED) is 0.883. The molecule has 3 nitrogen and oxygen atoms in total. The molecule has 0 aromatic heterocycles. The van der Waals surface area contributed by atoms with Gasteiger partial charge in [-0.25, -0.2) is 0 Å². The second kappa shape index (κ2) is 4.67. The molecule has 19 heavy (non-hydrogen) atoms. The summed E-state index contributed by atoms with van der Waals surface area (Å²) in [5.41, 5.74) is 0.461. The summed E-state index contributed by atoms with van der Waals surface area (Å²) in [6.07, 6.45) is 2.45. The summed E-state index contributed by atoms with van der Waals surface area (Å²) in [4.78, 5) is 11.3. The van der Waals surface area contributed by atoms with E-state index < -0.39 is 11.5 Å². The van der Waals surface area contributed by atoms with E-state index in [1.165, 1.54) is 10.8 Å². The summed E-state index contributed by atoms with van der Waals surface area (Å²) >= 11 is 0. The number of carboxylic acid groups (broad SMARTS) is 1. The van der Waals surface area contributed by atoms with Crippen LogP contribution in [0, 0.1) is 0 Å². The van der Waals surface area contributed by atoms with E-state index in [9.17, 15) is 9.90 Å². The lowest BCUT2D eigenvalue weighted by Gasteiger charge is -2.38. The van der Waals surface area contributed by atoms with Crippen LogP contribution in [0.2, 0.25) is 0 Å². The van der Waals surface area contributed by atoms with Crippen molar-refractivity contribution in [2.45, 2.75) is 31.3 Å². The minimum Gasteiger partial charge on any atom is -0.480 e. The summed E-state index contributed by atoms with van der Waals surface area (Å²) in [7, 11) is 0. The maximum absolute atomic E-state index is 11.3. The van der Waals surface area contributed by atoms with Gasteiger partial charge in [-0.2, -0.15) is 0 Å². The van der Waals surface area contributed by atoms with Crippen LogP contribution < -0.4 is 5.32 Å². The van der Waals surface area contributed by atoms with E-state index in [4.69, 9.17) is 0 Å². The molecule has 3 rings (SSSR count). The molecule has 1 aliphatic carbocycles. The van der Waals surface area contributed by atoms with E-state index in [-0.39, 0.29) is 0 Å². The summed E-state index contributed by atoms with van der Waals surface area (Å²) in [6, 6.07) is 14.4. The minimum atomic E-state index is -0.723. The molecule has 0 saturated heterocycles. The molecule has 0 radical (unpaired) electrons. The predicted molar refractivity (Wildman–Crippen MR) is 75.0 cm³/mol. The second-order valence-electron chi connectivity index (χ2n) is 5.23. The van der Waals surface area contributed by atoms with E-state index in [0.29, 0.717) is 6.54 Å². The monoisotopic (exact) mass is 255 g/mol. The SMILES string of the molecule is O=C(O)C1(NCc2cccc3ccccc23)CCC1. The maximum Gasteiger partial charge on any atom is 0.323 e. The summed E-state index contributed by atoms with van der Waals surface area (Å²) in [6.45, 7) is 0.605. The van der Waals surface area contributed by atoms with E-state index in [1.807, 2.05) is 18.2 Å². The van der Waals surface area contributed by atoms with Crippen molar-refractivity contribution < 1.29 is 9.90 Å². The molecule has 0 amide bonds. The number of carboxylic acids is 1. The number of fused-ring (bicyclic) bond motifs is 1. The van der Waals surface area contributed by atoms with E-state index in [2.05, 4.69) is 29.6 Å². The van der Waals surface area contributed by atoms with E-state index in [1.54, 1.807) is 0 Å². The van der Waals surface area contributed by atoms with Crippen LogP contribution in [0.25, 0.3) is 10.8 Å². The highest BCUT2D eigenvalue weighted by Gasteiger charge is 2.43. The summed E-state index contributed by atoms with van der Waals surface area (Å²) < 4.78 is 0. The molecule has 98 valence electrons. The van der Waals surface area contributed by atoms with Gasteiger partial charge in [0.25, 0.3) is 0 Å². The highest BCUT2D eigenvalue weighted by molar-refractivity contribution is 5.86. The fourth-order valence-electron chi connectivity index (χ4n) is 2.71. The first-order valence-electron chi connectivity index (χ1n) is 6.66. The Hall–Kier alpha value is -1.87. The molecule has 1 fully saturated rings. The first-order valence-corrected chi connectivity index (χ1v) is 6.66. The van der Waals surface area contributed by atoms with Gasteiger partial charge in [-0.05, 0) is 35.6 Å². The van der Waals surface area contributed by atoms with Gasteiger partial charge in [0.15, 0.2) is 0 Å². The molecular formula is C16H17NO2. The average molecular weight is 255 g/mol. The van der Waals surface area contributed by atoms with Gasteiger partial charge in [0.1, 0.15) is 5.54 Å².